The molecule has 0 bridgehead atoms. The zero-order chi connectivity index (χ0) is 13.1. The van der Waals surface area contributed by atoms with E-state index in [1.807, 2.05) is 17.9 Å². The molecular weight excluding hydrogens is 250 g/mol. The van der Waals surface area contributed by atoms with Crippen LogP contribution in [0.3, 0.4) is 0 Å². The maximum atomic E-state index is 12.1. The molecule has 3 nitrogen and oxygen atoms in total. The molecule has 0 aromatic heterocycles. The first-order valence-electron chi connectivity index (χ1n) is 6.29. The number of halogens is 1. The van der Waals surface area contributed by atoms with Crippen molar-refractivity contribution in [3.05, 3.63) is 28.8 Å². The lowest BCUT2D eigenvalue weighted by molar-refractivity contribution is -0.136. The van der Waals surface area contributed by atoms with Crippen LogP contribution in [0.2, 0.25) is 5.02 Å². The van der Waals surface area contributed by atoms with Gasteiger partial charge in [0.15, 0.2) is 6.10 Å². The molecule has 18 heavy (non-hydrogen) atoms. The molecule has 1 aromatic rings. The SMILES string of the molecule is Cc1cc(OC(C)C(=O)N2CCCC2)ccc1Cl. The second-order valence-electron chi connectivity index (χ2n) is 4.70. The molecule has 1 heterocycles. The fourth-order valence-corrected chi connectivity index (χ4v) is 2.26. The largest absolute Gasteiger partial charge is 0.481 e. The van der Waals surface area contributed by atoms with Gasteiger partial charge >= 0.3 is 0 Å². The minimum Gasteiger partial charge on any atom is -0.481 e. The number of aryl methyl sites for hydroxylation is 1. The highest BCUT2D eigenvalue weighted by molar-refractivity contribution is 6.31. The highest BCUT2D eigenvalue weighted by atomic mass is 35.5. The van der Waals surface area contributed by atoms with Crippen LogP contribution in [0.5, 0.6) is 5.75 Å². The van der Waals surface area contributed by atoms with E-state index in [1.54, 1.807) is 19.1 Å². The Morgan fingerprint density at radius 3 is 2.67 bits per heavy atom. The third-order valence-electron chi connectivity index (χ3n) is 3.21. The van der Waals surface area contributed by atoms with Crippen LogP contribution in [-0.4, -0.2) is 30.0 Å². The molecule has 1 aromatic carbocycles. The predicted octanol–water partition coefficient (Wildman–Crippen LogP) is 3.04. The third kappa shape index (κ3) is 2.96. The van der Waals surface area contributed by atoms with Crippen molar-refractivity contribution in [2.75, 3.05) is 13.1 Å². The predicted molar refractivity (Wildman–Crippen MR) is 72.1 cm³/mol. The van der Waals surface area contributed by atoms with E-state index in [-0.39, 0.29) is 5.91 Å². The number of carbonyl (C=O) groups is 1. The van der Waals surface area contributed by atoms with Crippen LogP contribution in [0.15, 0.2) is 18.2 Å². The van der Waals surface area contributed by atoms with Crippen molar-refractivity contribution in [2.24, 2.45) is 0 Å². The van der Waals surface area contributed by atoms with E-state index in [9.17, 15) is 4.79 Å². The molecule has 1 aliphatic heterocycles. The Hall–Kier alpha value is -1.22. The number of ether oxygens (including phenoxy) is 1. The fraction of sp³-hybridized carbons (Fsp3) is 0.500. The first kappa shape index (κ1) is 13.2. The lowest BCUT2D eigenvalue weighted by Gasteiger charge is -2.21. The second-order valence-corrected chi connectivity index (χ2v) is 5.11. The molecule has 1 fully saturated rings. The lowest BCUT2D eigenvalue weighted by atomic mass is 10.2. The molecule has 0 spiro atoms. The van der Waals surface area contributed by atoms with Gasteiger partial charge in [0.05, 0.1) is 0 Å². The summed E-state index contributed by atoms with van der Waals surface area (Å²) < 4.78 is 5.67. The molecule has 1 aliphatic rings. The average molecular weight is 268 g/mol. The summed E-state index contributed by atoms with van der Waals surface area (Å²) in [6, 6.07) is 5.44. The summed E-state index contributed by atoms with van der Waals surface area (Å²) in [4.78, 5) is 13.9. The van der Waals surface area contributed by atoms with Crippen molar-refractivity contribution in [2.45, 2.75) is 32.8 Å². The first-order valence-corrected chi connectivity index (χ1v) is 6.67. The van der Waals surface area contributed by atoms with E-state index < -0.39 is 6.10 Å². The van der Waals surface area contributed by atoms with Gasteiger partial charge in [-0.1, -0.05) is 11.6 Å². The van der Waals surface area contributed by atoms with Crippen LogP contribution in [0.1, 0.15) is 25.3 Å². The van der Waals surface area contributed by atoms with Gasteiger partial charge in [-0.3, -0.25) is 4.79 Å². The standard InChI is InChI=1S/C14H18ClNO2/c1-10-9-12(5-6-13(10)15)18-11(2)14(17)16-7-3-4-8-16/h5-6,9,11H,3-4,7-8H2,1-2H3. The van der Waals surface area contributed by atoms with Gasteiger partial charge in [0.1, 0.15) is 5.75 Å². The van der Waals surface area contributed by atoms with Gasteiger partial charge in [-0.25, -0.2) is 0 Å². The fourth-order valence-electron chi connectivity index (χ4n) is 2.14. The number of benzene rings is 1. The van der Waals surface area contributed by atoms with Gasteiger partial charge in [0, 0.05) is 18.1 Å². The van der Waals surface area contributed by atoms with Crippen molar-refractivity contribution >= 4 is 17.5 Å². The minimum absolute atomic E-state index is 0.0695. The van der Waals surface area contributed by atoms with Crippen molar-refractivity contribution in [3.63, 3.8) is 0 Å². The van der Waals surface area contributed by atoms with Crippen LogP contribution in [-0.2, 0) is 4.79 Å². The Kier molecular flexibility index (Phi) is 4.12. The molecule has 1 amide bonds. The van der Waals surface area contributed by atoms with Gasteiger partial charge in [-0.05, 0) is 50.5 Å². The zero-order valence-corrected chi connectivity index (χ0v) is 11.5. The second kappa shape index (κ2) is 5.61. The highest BCUT2D eigenvalue weighted by Crippen LogP contribution is 2.22. The van der Waals surface area contributed by atoms with Crippen molar-refractivity contribution in [1.82, 2.24) is 4.90 Å². The number of hydrogen-bond acceptors (Lipinski definition) is 2. The molecule has 0 aliphatic carbocycles. The minimum atomic E-state index is -0.441. The monoisotopic (exact) mass is 267 g/mol. The normalized spacial score (nSPS) is 16.7. The summed E-state index contributed by atoms with van der Waals surface area (Å²) in [7, 11) is 0. The summed E-state index contributed by atoms with van der Waals surface area (Å²) in [6.07, 6.45) is 1.75. The van der Waals surface area contributed by atoms with Gasteiger partial charge in [-0.15, -0.1) is 0 Å². The van der Waals surface area contributed by atoms with E-state index in [0.717, 1.165) is 31.5 Å². The van der Waals surface area contributed by atoms with Crippen LogP contribution >= 0.6 is 11.6 Å². The van der Waals surface area contributed by atoms with Gasteiger partial charge < -0.3 is 9.64 Å². The van der Waals surface area contributed by atoms with Crippen LogP contribution in [0.25, 0.3) is 0 Å². The maximum absolute atomic E-state index is 12.1. The van der Waals surface area contributed by atoms with Crippen LogP contribution in [0.4, 0.5) is 0 Å². The van der Waals surface area contributed by atoms with Crippen molar-refractivity contribution < 1.29 is 9.53 Å². The maximum Gasteiger partial charge on any atom is 0.263 e. The molecule has 0 N–H and O–H groups in total. The van der Waals surface area contributed by atoms with Crippen LogP contribution < -0.4 is 4.74 Å². The quantitative estimate of drug-likeness (QED) is 0.842. The third-order valence-corrected chi connectivity index (χ3v) is 3.63. The Balaban J connectivity index is 1.99. The number of rotatable bonds is 3. The van der Waals surface area contributed by atoms with Gasteiger partial charge in [0.2, 0.25) is 0 Å². The van der Waals surface area contributed by atoms with Crippen molar-refractivity contribution in [1.29, 1.82) is 0 Å². The average Bonchev–Trinajstić information content (AvgIpc) is 2.86. The Morgan fingerprint density at radius 1 is 1.39 bits per heavy atom. The number of carbonyl (C=O) groups excluding carboxylic acids is 1. The molecule has 0 radical (unpaired) electrons. The highest BCUT2D eigenvalue weighted by Gasteiger charge is 2.24. The summed E-state index contributed by atoms with van der Waals surface area (Å²) in [5.41, 5.74) is 0.954. The number of hydrogen-bond donors (Lipinski definition) is 0. The molecule has 2 rings (SSSR count). The zero-order valence-electron chi connectivity index (χ0n) is 10.8. The molecular formula is C14H18ClNO2. The topological polar surface area (TPSA) is 29.5 Å². The van der Waals surface area contributed by atoms with Gasteiger partial charge in [0.25, 0.3) is 5.91 Å². The number of amides is 1. The molecule has 98 valence electrons. The van der Waals surface area contributed by atoms with E-state index in [0.29, 0.717) is 10.8 Å². The number of likely N-dealkylation sites (tertiary alicyclic amines) is 1. The molecule has 1 atom stereocenters. The summed E-state index contributed by atoms with van der Waals surface area (Å²) in [6.45, 7) is 5.42. The Bertz CT molecular complexity index is 441. The van der Waals surface area contributed by atoms with Crippen LogP contribution in [0, 0.1) is 6.92 Å². The van der Waals surface area contributed by atoms with E-state index in [4.69, 9.17) is 16.3 Å². The van der Waals surface area contributed by atoms with Gasteiger partial charge in [-0.2, -0.15) is 0 Å². The summed E-state index contributed by atoms with van der Waals surface area (Å²) >= 11 is 5.95. The molecule has 1 unspecified atom stereocenters. The van der Waals surface area contributed by atoms with E-state index in [1.165, 1.54) is 0 Å². The van der Waals surface area contributed by atoms with Crippen molar-refractivity contribution in [3.8, 4) is 5.75 Å². The molecule has 1 saturated heterocycles. The first-order chi connectivity index (χ1) is 8.58. The van der Waals surface area contributed by atoms with E-state index >= 15 is 0 Å². The molecule has 0 saturated carbocycles. The van der Waals surface area contributed by atoms with E-state index in [2.05, 4.69) is 0 Å². The smallest absolute Gasteiger partial charge is 0.263 e. The number of nitrogens with zero attached hydrogens (tertiary/aromatic N) is 1. The Morgan fingerprint density at radius 2 is 2.06 bits per heavy atom. The Labute approximate surface area is 113 Å². The summed E-state index contributed by atoms with van der Waals surface area (Å²) in [5, 5.41) is 0.709. The molecule has 4 heteroatoms. The lowest BCUT2D eigenvalue weighted by Crippen LogP contribution is -2.38. The summed E-state index contributed by atoms with van der Waals surface area (Å²) in [5.74, 6) is 0.761.